The van der Waals surface area contributed by atoms with E-state index >= 15 is 0 Å². The zero-order chi connectivity index (χ0) is 12.3. The number of hydrogen-bond donors (Lipinski definition) is 1. The summed E-state index contributed by atoms with van der Waals surface area (Å²) in [7, 11) is 0. The molecule has 2 nitrogen and oxygen atoms in total. The highest BCUT2D eigenvalue weighted by Crippen LogP contribution is 2.21. The van der Waals surface area contributed by atoms with Crippen molar-refractivity contribution in [2.75, 3.05) is 19.8 Å². The van der Waals surface area contributed by atoms with Gasteiger partial charge in [0.1, 0.15) is 0 Å². The van der Waals surface area contributed by atoms with Crippen LogP contribution in [0.4, 0.5) is 0 Å². The van der Waals surface area contributed by atoms with E-state index in [-0.39, 0.29) is 0 Å². The highest BCUT2D eigenvalue weighted by Gasteiger charge is 2.23. The Balaban J connectivity index is 2.25. The van der Waals surface area contributed by atoms with Gasteiger partial charge in [-0.05, 0) is 38.1 Å². The van der Waals surface area contributed by atoms with E-state index in [4.69, 9.17) is 4.74 Å². The van der Waals surface area contributed by atoms with Crippen LogP contribution >= 0.6 is 0 Å². The van der Waals surface area contributed by atoms with Gasteiger partial charge >= 0.3 is 0 Å². The van der Waals surface area contributed by atoms with Crippen LogP contribution in [0.3, 0.4) is 0 Å². The molecule has 1 saturated heterocycles. The minimum absolute atomic E-state index is 0.701. The monoisotopic (exact) mass is 241 g/mol. The van der Waals surface area contributed by atoms with Gasteiger partial charge in [-0.25, -0.2) is 0 Å². The molecule has 1 fully saturated rings. The third kappa shape index (κ3) is 6.42. The lowest BCUT2D eigenvalue weighted by molar-refractivity contribution is 0.0375. The van der Waals surface area contributed by atoms with Crippen LogP contribution in [0.5, 0.6) is 0 Å². The third-order valence-electron chi connectivity index (χ3n) is 3.79. The summed E-state index contributed by atoms with van der Waals surface area (Å²) in [6.07, 6.45) is 10.7. The molecule has 0 aromatic carbocycles. The lowest BCUT2D eigenvalue weighted by Gasteiger charge is -2.31. The smallest absolute Gasteiger partial charge is 0.0509 e. The molecule has 2 unspecified atom stereocenters. The van der Waals surface area contributed by atoms with Gasteiger partial charge in [-0.3, -0.25) is 0 Å². The highest BCUT2D eigenvalue weighted by atomic mass is 16.5. The second-order valence-electron chi connectivity index (χ2n) is 5.39. The predicted molar refractivity (Wildman–Crippen MR) is 74.4 cm³/mol. The number of rotatable bonds is 9. The van der Waals surface area contributed by atoms with Crippen LogP contribution in [0.15, 0.2) is 0 Å². The van der Waals surface area contributed by atoms with Crippen molar-refractivity contribution in [3.8, 4) is 0 Å². The molecule has 0 amide bonds. The first kappa shape index (κ1) is 15.0. The first-order valence-corrected chi connectivity index (χ1v) is 7.69. The van der Waals surface area contributed by atoms with Crippen molar-refractivity contribution in [1.29, 1.82) is 0 Å². The SMILES string of the molecule is CCCCCCC(NCCC)C1CCCOC1. The third-order valence-corrected chi connectivity index (χ3v) is 3.79. The summed E-state index contributed by atoms with van der Waals surface area (Å²) in [6, 6.07) is 0.701. The molecule has 1 heterocycles. The van der Waals surface area contributed by atoms with Crippen molar-refractivity contribution in [1.82, 2.24) is 5.32 Å². The molecule has 0 aromatic heterocycles. The normalized spacial score (nSPS) is 22.6. The Kier molecular flexibility index (Phi) is 8.72. The fraction of sp³-hybridized carbons (Fsp3) is 1.00. The van der Waals surface area contributed by atoms with E-state index in [1.807, 2.05) is 0 Å². The molecular weight excluding hydrogens is 210 g/mol. The molecule has 1 N–H and O–H groups in total. The zero-order valence-corrected chi connectivity index (χ0v) is 11.8. The molecule has 1 aliphatic heterocycles. The van der Waals surface area contributed by atoms with Crippen molar-refractivity contribution >= 4 is 0 Å². The summed E-state index contributed by atoms with van der Waals surface area (Å²) < 4.78 is 5.63. The summed E-state index contributed by atoms with van der Waals surface area (Å²) in [5.41, 5.74) is 0. The number of hydrogen-bond acceptors (Lipinski definition) is 2. The van der Waals surface area contributed by atoms with Gasteiger partial charge < -0.3 is 10.1 Å². The molecule has 17 heavy (non-hydrogen) atoms. The molecular formula is C15H31NO. The van der Waals surface area contributed by atoms with Crippen LogP contribution in [0.25, 0.3) is 0 Å². The second-order valence-corrected chi connectivity index (χ2v) is 5.39. The van der Waals surface area contributed by atoms with E-state index in [9.17, 15) is 0 Å². The molecule has 1 aliphatic rings. The number of unbranched alkanes of at least 4 members (excludes halogenated alkanes) is 3. The first-order chi connectivity index (χ1) is 8.38. The molecule has 0 aliphatic carbocycles. The van der Waals surface area contributed by atoms with E-state index in [1.165, 1.54) is 51.4 Å². The molecule has 2 heteroatoms. The summed E-state index contributed by atoms with van der Waals surface area (Å²) in [4.78, 5) is 0. The average Bonchev–Trinajstić information content (AvgIpc) is 2.39. The van der Waals surface area contributed by atoms with Crippen LogP contribution in [-0.4, -0.2) is 25.8 Å². The summed E-state index contributed by atoms with van der Waals surface area (Å²) >= 11 is 0. The van der Waals surface area contributed by atoms with Gasteiger partial charge in [0.15, 0.2) is 0 Å². The summed E-state index contributed by atoms with van der Waals surface area (Å²) in [6.45, 7) is 7.65. The van der Waals surface area contributed by atoms with Gasteiger partial charge in [0, 0.05) is 12.6 Å². The van der Waals surface area contributed by atoms with E-state index < -0.39 is 0 Å². The van der Waals surface area contributed by atoms with Crippen LogP contribution in [-0.2, 0) is 4.74 Å². The molecule has 0 saturated carbocycles. The second kappa shape index (κ2) is 9.90. The topological polar surface area (TPSA) is 21.3 Å². The van der Waals surface area contributed by atoms with Crippen molar-refractivity contribution < 1.29 is 4.74 Å². The maximum absolute atomic E-state index is 5.63. The zero-order valence-electron chi connectivity index (χ0n) is 11.8. The Morgan fingerprint density at radius 1 is 1.18 bits per heavy atom. The van der Waals surface area contributed by atoms with Gasteiger partial charge in [-0.1, -0.05) is 39.5 Å². The van der Waals surface area contributed by atoms with Crippen LogP contribution in [0.1, 0.15) is 65.2 Å². The van der Waals surface area contributed by atoms with Gasteiger partial charge in [0.25, 0.3) is 0 Å². The summed E-state index contributed by atoms with van der Waals surface area (Å²) in [5.74, 6) is 0.761. The maximum atomic E-state index is 5.63. The van der Waals surface area contributed by atoms with Crippen molar-refractivity contribution in [3.63, 3.8) is 0 Å². The van der Waals surface area contributed by atoms with Crippen molar-refractivity contribution in [2.45, 2.75) is 71.3 Å². The quantitative estimate of drug-likeness (QED) is 0.621. The minimum atomic E-state index is 0.701. The van der Waals surface area contributed by atoms with Gasteiger partial charge in [0.05, 0.1) is 6.61 Å². The highest BCUT2D eigenvalue weighted by molar-refractivity contribution is 4.78. The van der Waals surface area contributed by atoms with Crippen molar-refractivity contribution in [3.05, 3.63) is 0 Å². The summed E-state index contributed by atoms with van der Waals surface area (Å²) in [5, 5.41) is 3.74. The fourth-order valence-electron chi connectivity index (χ4n) is 2.71. The van der Waals surface area contributed by atoms with Gasteiger partial charge in [0.2, 0.25) is 0 Å². The fourth-order valence-corrected chi connectivity index (χ4v) is 2.71. The lowest BCUT2D eigenvalue weighted by atomic mass is 9.90. The van der Waals surface area contributed by atoms with E-state index in [0.717, 1.165) is 25.7 Å². The Bertz CT molecular complexity index is 166. The number of nitrogens with one attached hydrogen (secondary N) is 1. The Labute approximate surface area is 108 Å². The van der Waals surface area contributed by atoms with E-state index in [0.29, 0.717) is 6.04 Å². The molecule has 1 rings (SSSR count). The van der Waals surface area contributed by atoms with Crippen LogP contribution in [0.2, 0.25) is 0 Å². The van der Waals surface area contributed by atoms with Gasteiger partial charge in [-0.15, -0.1) is 0 Å². The molecule has 0 bridgehead atoms. The Morgan fingerprint density at radius 3 is 2.71 bits per heavy atom. The molecule has 0 spiro atoms. The molecule has 0 aromatic rings. The van der Waals surface area contributed by atoms with E-state index in [2.05, 4.69) is 19.2 Å². The van der Waals surface area contributed by atoms with Gasteiger partial charge in [-0.2, -0.15) is 0 Å². The largest absolute Gasteiger partial charge is 0.381 e. The van der Waals surface area contributed by atoms with Crippen LogP contribution in [0, 0.1) is 5.92 Å². The molecule has 0 radical (unpaired) electrons. The maximum Gasteiger partial charge on any atom is 0.0509 e. The minimum Gasteiger partial charge on any atom is -0.381 e. The van der Waals surface area contributed by atoms with E-state index in [1.54, 1.807) is 0 Å². The molecule has 2 atom stereocenters. The predicted octanol–water partition coefficient (Wildman–Crippen LogP) is 3.75. The Hall–Kier alpha value is -0.0800. The van der Waals surface area contributed by atoms with Crippen molar-refractivity contribution in [2.24, 2.45) is 5.92 Å². The Morgan fingerprint density at radius 2 is 2.06 bits per heavy atom. The molecule has 102 valence electrons. The van der Waals surface area contributed by atoms with Crippen LogP contribution < -0.4 is 5.32 Å². The average molecular weight is 241 g/mol. The standard InChI is InChI=1S/C15H31NO/c1-3-5-6-7-10-15(16-11-4-2)14-9-8-12-17-13-14/h14-16H,3-13H2,1-2H3. The lowest BCUT2D eigenvalue weighted by Crippen LogP contribution is -2.40. The number of ether oxygens (including phenoxy) is 1. The first-order valence-electron chi connectivity index (χ1n) is 7.69.